The number of alkyl halides is 3. The fourth-order valence-electron chi connectivity index (χ4n) is 1.12. The van der Waals surface area contributed by atoms with E-state index in [1.54, 1.807) is 0 Å². The van der Waals surface area contributed by atoms with Crippen LogP contribution in [0.1, 0.15) is 23.1 Å². The number of aromatic nitrogens is 2. The van der Waals surface area contributed by atoms with Crippen LogP contribution in [0.4, 0.5) is 18.3 Å². The van der Waals surface area contributed by atoms with E-state index >= 15 is 0 Å². The first kappa shape index (κ1) is 16.6. The highest BCUT2D eigenvalue weighted by molar-refractivity contribution is 7.17. The molecule has 0 fully saturated rings. The van der Waals surface area contributed by atoms with E-state index in [4.69, 9.17) is 0 Å². The zero-order valence-corrected chi connectivity index (χ0v) is 11.6. The molecule has 1 amide bonds. The summed E-state index contributed by atoms with van der Waals surface area (Å²) in [5.41, 5.74) is 0. The third kappa shape index (κ3) is 6.66. The van der Waals surface area contributed by atoms with Gasteiger partial charge in [0.2, 0.25) is 10.1 Å². The molecule has 114 valence electrons. The second-order valence-electron chi connectivity index (χ2n) is 3.76. The van der Waals surface area contributed by atoms with Gasteiger partial charge in [-0.15, -0.1) is 10.2 Å². The van der Waals surface area contributed by atoms with E-state index in [-0.39, 0.29) is 18.2 Å². The molecule has 0 atom stereocenters. The molecule has 0 aliphatic heterocycles. The summed E-state index contributed by atoms with van der Waals surface area (Å²) in [5.74, 6) is -0.484. The van der Waals surface area contributed by atoms with Crippen molar-refractivity contribution in [3.05, 3.63) is 5.01 Å². The Kier molecular flexibility index (Phi) is 6.65. The zero-order chi connectivity index (χ0) is 15.0. The molecule has 1 rings (SSSR count). The zero-order valence-electron chi connectivity index (χ0n) is 10.8. The minimum Gasteiger partial charge on any atom is -0.370 e. The second kappa shape index (κ2) is 8.00. The van der Waals surface area contributed by atoms with Crippen molar-refractivity contribution in [2.45, 2.75) is 19.5 Å². The number of ether oxygens (including phenoxy) is 1. The van der Waals surface area contributed by atoms with Gasteiger partial charge < -0.3 is 15.4 Å². The third-order valence-electron chi connectivity index (χ3n) is 1.94. The number of carbonyl (C=O) groups excluding carboxylic acids is 1. The van der Waals surface area contributed by atoms with E-state index in [0.717, 1.165) is 24.3 Å². The van der Waals surface area contributed by atoms with Gasteiger partial charge in [0.15, 0.2) is 0 Å². The van der Waals surface area contributed by atoms with Gasteiger partial charge in [-0.1, -0.05) is 18.3 Å². The lowest BCUT2D eigenvalue weighted by Gasteiger charge is -2.07. The molecule has 1 aromatic heterocycles. The summed E-state index contributed by atoms with van der Waals surface area (Å²) in [6, 6.07) is 0. The van der Waals surface area contributed by atoms with Gasteiger partial charge in [0.1, 0.15) is 6.61 Å². The Morgan fingerprint density at radius 1 is 1.35 bits per heavy atom. The number of amides is 1. The highest BCUT2D eigenvalue weighted by Crippen LogP contribution is 2.15. The van der Waals surface area contributed by atoms with Gasteiger partial charge in [-0.25, -0.2) is 0 Å². The third-order valence-corrected chi connectivity index (χ3v) is 2.82. The summed E-state index contributed by atoms with van der Waals surface area (Å²) in [6.07, 6.45) is -3.44. The Bertz CT molecular complexity index is 425. The van der Waals surface area contributed by atoms with Crippen LogP contribution >= 0.6 is 11.3 Å². The molecule has 0 aromatic carbocycles. The number of nitrogens with zero attached hydrogens (tertiary/aromatic N) is 2. The molecule has 0 saturated carbocycles. The van der Waals surface area contributed by atoms with E-state index in [0.29, 0.717) is 5.13 Å². The smallest absolute Gasteiger partial charge is 0.370 e. The first-order valence-corrected chi connectivity index (χ1v) is 6.74. The van der Waals surface area contributed by atoms with Gasteiger partial charge in [-0.2, -0.15) is 13.2 Å². The highest BCUT2D eigenvalue weighted by atomic mass is 32.1. The first-order valence-electron chi connectivity index (χ1n) is 5.92. The molecule has 0 bridgehead atoms. The maximum absolute atomic E-state index is 11.8. The van der Waals surface area contributed by atoms with Crippen molar-refractivity contribution in [2.75, 3.05) is 31.6 Å². The molecular weight excluding hydrogens is 297 g/mol. The van der Waals surface area contributed by atoms with Crippen LogP contribution in [-0.2, 0) is 4.74 Å². The van der Waals surface area contributed by atoms with E-state index < -0.39 is 18.7 Å². The Morgan fingerprint density at radius 2 is 2.10 bits per heavy atom. The lowest BCUT2D eigenvalue weighted by atomic mass is 10.5. The van der Waals surface area contributed by atoms with Crippen LogP contribution in [0, 0.1) is 0 Å². The van der Waals surface area contributed by atoms with E-state index in [2.05, 4.69) is 25.6 Å². The van der Waals surface area contributed by atoms with E-state index in [9.17, 15) is 18.0 Å². The monoisotopic (exact) mass is 312 g/mol. The van der Waals surface area contributed by atoms with Gasteiger partial charge in [-0.05, 0) is 6.42 Å². The molecule has 10 heteroatoms. The van der Waals surface area contributed by atoms with Crippen molar-refractivity contribution >= 4 is 22.4 Å². The molecule has 6 nitrogen and oxygen atoms in total. The van der Waals surface area contributed by atoms with Crippen LogP contribution in [0.25, 0.3) is 0 Å². The summed E-state index contributed by atoms with van der Waals surface area (Å²) in [6.45, 7) is 1.15. The van der Waals surface area contributed by atoms with Crippen molar-refractivity contribution in [2.24, 2.45) is 0 Å². The predicted octanol–water partition coefficient (Wildman–Crippen LogP) is 1.67. The minimum atomic E-state index is -4.36. The number of nitrogens with one attached hydrogen (secondary N) is 2. The van der Waals surface area contributed by atoms with Crippen LogP contribution in [0.2, 0.25) is 0 Å². The molecule has 0 unspecified atom stereocenters. The largest absolute Gasteiger partial charge is 0.411 e. The molecule has 20 heavy (non-hydrogen) atoms. The van der Waals surface area contributed by atoms with Gasteiger partial charge in [-0.3, -0.25) is 4.79 Å². The van der Waals surface area contributed by atoms with Gasteiger partial charge in [0, 0.05) is 13.1 Å². The molecule has 0 aliphatic carbocycles. The SMILES string of the molecule is CCCNc1nnc(C(=O)NCCOCC(F)(F)F)s1. The van der Waals surface area contributed by atoms with Crippen molar-refractivity contribution in [3.63, 3.8) is 0 Å². The lowest BCUT2D eigenvalue weighted by Crippen LogP contribution is -2.28. The average molecular weight is 312 g/mol. The van der Waals surface area contributed by atoms with Gasteiger partial charge in [0.25, 0.3) is 5.91 Å². The number of hydrogen-bond donors (Lipinski definition) is 2. The summed E-state index contributed by atoms with van der Waals surface area (Å²) >= 11 is 1.08. The summed E-state index contributed by atoms with van der Waals surface area (Å²) in [4.78, 5) is 11.6. The average Bonchev–Trinajstić information content (AvgIpc) is 2.83. The van der Waals surface area contributed by atoms with Crippen LogP contribution in [0.15, 0.2) is 0 Å². The topological polar surface area (TPSA) is 76.1 Å². The molecule has 1 aromatic rings. The maximum atomic E-state index is 11.8. The van der Waals surface area contributed by atoms with Crippen LogP contribution < -0.4 is 10.6 Å². The van der Waals surface area contributed by atoms with Crippen LogP contribution in [0.5, 0.6) is 0 Å². The predicted molar refractivity (Wildman–Crippen MR) is 67.9 cm³/mol. The minimum absolute atomic E-state index is 0.0216. The van der Waals surface area contributed by atoms with Crippen LogP contribution in [0.3, 0.4) is 0 Å². The summed E-state index contributed by atoms with van der Waals surface area (Å²) in [5, 5.41) is 13.5. The van der Waals surface area contributed by atoms with Crippen molar-refractivity contribution in [1.29, 1.82) is 0 Å². The van der Waals surface area contributed by atoms with Crippen molar-refractivity contribution in [3.8, 4) is 0 Å². The molecule has 0 aliphatic rings. The summed E-state index contributed by atoms with van der Waals surface area (Å²) < 4.78 is 39.7. The normalized spacial score (nSPS) is 11.4. The quantitative estimate of drug-likeness (QED) is 0.714. The van der Waals surface area contributed by atoms with Crippen molar-refractivity contribution in [1.82, 2.24) is 15.5 Å². The number of hydrogen-bond acceptors (Lipinski definition) is 6. The fourth-order valence-corrected chi connectivity index (χ4v) is 1.80. The number of carbonyl (C=O) groups is 1. The molecule has 1 heterocycles. The highest BCUT2D eigenvalue weighted by Gasteiger charge is 2.27. The van der Waals surface area contributed by atoms with Gasteiger partial charge >= 0.3 is 6.18 Å². The molecule has 0 radical (unpaired) electrons. The molecule has 0 saturated heterocycles. The summed E-state index contributed by atoms with van der Waals surface area (Å²) in [7, 11) is 0. The van der Waals surface area contributed by atoms with E-state index in [1.807, 2.05) is 6.92 Å². The van der Waals surface area contributed by atoms with Crippen LogP contribution in [-0.4, -0.2) is 48.6 Å². The number of halogens is 3. The maximum Gasteiger partial charge on any atom is 0.411 e. The Hall–Kier alpha value is -1.42. The van der Waals surface area contributed by atoms with E-state index in [1.165, 1.54) is 0 Å². The second-order valence-corrected chi connectivity index (χ2v) is 4.74. The molecule has 2 N–H and O–H groups in total. The fraction of sp³-hybridized carbons (Fsp3) is 0.700. The van der Waals surface area contributed by atoms with Gasteiger partial charge in [0.05, 0.1) is 6.61 Å². The first-order chi connectivity index (χ1) is 9.42. The van der Waals surface area contributed by atoms with Crippen molar-refractivity contribution < 1.29 is 22.7 Å². The lowest BCUT2D eigenvalue weighted by molar-refractivity contribution is -0.173. The molecule has 0 spiro atoms. The standard InChI is InChI=1S/C10H15F3N4O2S/c1-2-3-15-9-17-16-8(20-9)7(18)14-4-5-19-6-10(11,12)13/h2-6H2,1H3,(H,14,18)(H,15,17). The Morgan fingerprint density at radius 3 is 2.75 bits per heavy atom. The Balaban J connectivity index is 2.24. The Labute approximate surface area is 117 Å². The number of anilines is 1. The number of rotatable bonds is 8. The molecular formula is C10H15F3N4O2S.